The van der Waals surface area contributed by atoms with E-state index in [4.69, 9.17) is 4.74 Å². The van der Waals surface area contributed by atoms with E-state index in [1.165, 1.54) is 6.07 Å². The number of hydrogen-bond donors (Lipinski definition) is 0. The van der Waals surface area contributed by atoms with Gasteiger partial charge in [-0.15, -0.1) is 0 Å². The Morgan fingerprint density at radius 3 is 2.41 bits per heavy atom. The van der Waals surface area contributed by atoms with Gasteiger partial charge in [0.25, 0.3) is 0 Å². The molecule has 1 fully saturated rings. The Hall–Kier alpha value is -1.39. The monoisotopic (exact) mass is 245 g/mol. The van der Waals surface area contributed by atoms with Crippen LogP contribution in [0.2, 0.25) is 0 Å². The van der Waals surface area contributed by atoms with E-state index in [0.717, 1.165) is 12.8 Å². The van der Waals surface area contributed by atoms with Crippen LogP contribution in [0.1, 0.15) is 12.8 Å². The molecule has 0 aromatic heterocycles. The fourth-order valence-electron chi connectivity index (χ4n) is 1.25. The summed E-state index contributed by atoms with van der Waals surface area (Å²) in [4.78, 5) is 0. The highest BCUT2D eigenvalue weighted by atomic mass is 19.4. The van der Waals surface area contributed by atoms with Crippen LogP contribution < -0.4 is 9.47 Å². The van der Waals surface area contributed by atoms with Crippen molar-refractivity contribution in [2.75, 3.05) is 13.2 Å². The number of hydrogen-bond acceptors (Lipinski definition) is 2. The van der Waals surface area contributed by atoms with Gasteiger partial charge in [-0.2, -0.15) is 13.2 Å². The molecular weight excluding hydrogens is 233 g/mol. The molecule has 1 aromatic carbocycles. The molecule has 1 radical (unpaired) electrons. The number of benzene rings is 1. The summed E-state index contributed by atoms with van der Waals surface area (Å²) in [5.74, 6) is 1.07. The molecule has 17 heavy (non-hydrogen) atoms. The maximum Gasteiger partial charge on any atom is 0.422 e. The lowest BCUT2D eigenvalue weighted by Gasteiger charge is -2.10. The standard InChI is InChI=1S/C12H12F3O2/c13-12(14,15)8-17-11-3-1-2-10(6-11)16-7-9-4-5-9/h1-3,9H,4-5,7-8H2. The second-order valence-corrected chi connectivity index (χ2v) is 4.04. The van der Waals surface area contributed by atoms with Crippen LogP contribution in [-0.4, -0.2) is 19.4 Å². The maximum absolute atomic E-state index is 11.9. The minimum atomic E-state index is -4.33. The molecule has 93 valence electrons. The van der Waals surface area contributed by atoms with E-state index in [-0.39, 0.29) is 5.75 Å². The van der Waals surface area contributed by atoms with Crippen molar-refractivity contribution >= 4 is 0 Å². The molecule has 0 atom stereocenters. The van der Waals surface area contributed by atoms with Crippen LogP contribution in [0, 0.1) is 12.0 Å². The first-order valence-electron chi connectivity index (χ1n) is 5.37. The first kappa shape index (κ1) is 12.1. The van der Waals surface area contributed by atoms with Crippen molar-refractivity contribution in [1.82, 2.24) is 0 Å². The molecule has 2 rings (SSSR count). The summed E-state index contributed by atoms with van der Waals surface area (Å²) in [6, 6.07) is 7.33. The number of alkyl halides is 3. The lowest BCUT2D eigenvalue weighted by molar-refractivity contribution is -0.153. The van der Waals surface area contributed by atoms with E-state index in [9.17, 15) is 13.2 Å². The maximum atomic E-state index is 11.9. The van der Waals surface area contributed by atoms with E-state index >= 15 is 0 Å². The van der Waals surface area contributed by atoms with E-state index < -0.39 is 12.8 Å². The van der Waals surface area contributed by atoms with Crippen molar-refractivity contribution in [3.05, 3.63) is 24.3 Å². The van der Waals surface area contributed by atoms with E-state index in [1.807, 2.05) is 0 Å². The molecule has 1 aliphatic carbocycles. The summed E-state index contributed by atoms with van der Waals surface area (Å²) in [5, 5.41) is 0. The lowest BCUT2D eigenvalue weighted by Crippen LogP contribution is -2.19. The normalized spacial score (nSPS) is 15.7. The molecule has 0 heterocycles. The highest BCUT2D eigenvalue weighted by molar-refractivity contribution is 5.31. The van der Waals surface area contributed by atoms with Crippen LogP contribution in [0.25, 0.3) is 0 Å². The molecule has 0 N–H and O–H groups in total. The van der Waals surface area contributed by atoms with Crippen LogP contribution in [0.3, 0.4) is 0 Å². The fraction of sp³-hybridized carbons (Fsp3) is 0.500. The zero-order valence-corrected chi connectivity index (χ0v) is 9.09. The average Bonchev–Trinajstić information content (AvgIpc) is 3.07. The van der Waals surface area contributed by atoms with Crippen molar-refractivity contribution in [1.29, 1.82) is 0 Å². The Bertz CT molecular complexity index is 372. The summed E-state index contributed by atoms with van der Waals surface area (Å²) < 4.78 is 45.8. The first-order valence-corrected chi connectivity index (χ1v) is 5.37. The predicted molar refractivity (Wildman–Crippen MR) is 55.0 cm³/mol. The third kappa shape index (κ3) is 4.54. The molecule has 0 bridgehead atoms. The largest absolute Gasteiger partial charge is 0.493 e. The molecule has 1 aromatic rings. The summed E-state index contributed by atoms with van der Waals surface area (Å²) in [7, 11) is 0. The van der Waals surface area contributed by atoms with Gasteiger partial charge in [-0.1, -0.05) is 6.07 Å². The van der Waals surface area contributed by atoms with Crippen molar-refractivity contribution in [2.24, 2.45) is 5.92 Å². The molecule has 1 aliphatic rings. The first-order chi connectivity index (χ1) is 8.03. The number of ether oxygens (including phenoxy) is 2. The van der Waals surface area contributed by atoms with Crippen LogP contribution in [-0.2, 0) is 0 Å². The van der Waals surface area contributed by atoms with E-state index in [1.54, 1.807) is 12.1 Å². The van der Waals surface area contributed by atoms with Crippen LogP contribution in [0.4, 0.5) is 13.2 Å². The number of rotatable bonds is 5. The van der Waals surface area contributed by atoms with Gasteiger partial charge in [0, 0.05) is 0 Å². The van der Waals surface area contributed by atoms with Gasteiger partial charge in [-0.05, 0) is 30.9 Å². The molecule has 2 nitrogen and oxygen atoms in total. The van der Waals surface area contributed by atoms with Gasteiger partial charge in [0.15, 0.2) is 6.61 Å². The summed E-state index contributed by atoms with van der Waals surface area (Å²) in [6.07, 6.45) is -2.02. The topological polar surface area (TPSA) is 18.5 Å². The fourth-order valence-corrected chi connectivity index (χ4v) is 1.25. The molecule has 0 aliphatic heterocycles. The molecule has 0 amide bonds. The van der Waals surface area contributed by atoms with Gasteiger partial charge < -0.3 is 9.47 Å². The van der Waals surface area contributed by atoms with E-state index in [0.29, 0.717) is 18.3 Å². The summed E-state index contributed by atoms with van der Waals surface area (Å²) in [6.45, 7) is -0.713. The van der Waals surface area contributed by atoms with Gasteiger partial charge in [-0.3, -0.25) is 0 Å². The Kier molecular flexibility index (Phi) is 3.45. The van der Waals surface area contributed by atoms with Crippen LogP contribution in [0.15, 0.2) is 18.2 Å². The highest BCUT2D eigenvalue weighted by Crippen LogP contribution is 2.30. The number of halogens is 3. The molecule has 1 saturated carbocycles. The van der Waals surface area contributed by atoms with Gasteiger partial charge in [0.1, 0.15) is 11.5 Å². The quantitative estimate of drug-likeness (QED) is 0.793. The Morgan fingerprint density at radius 1 is 1.18 bits per heavy atom. The van der Waals surface area contributed by atoms with Gasteiger partial charge in [0.2, 0.25) is 0 Å². The summed E-state index contributed by atoms with van der Waals surface area (Å²) >= 11 is 0. The van der Waals surface area contributed by atoms with Crippen molar-refractivity contribution in [3.8, 4) is 11.5 Å². The molecule has 0 spiro atoms. The Labute approximate surface area is 97.3 Å². The van der Waals surface area contributed by atoms with Crippen molar-refractivity contribution < 1.29 is 22.6 Å². The van der Waals surface area contributed by atoms with E-state index in [2.05, 4.69) is 10.8 Å². The van der Waals surface area contributed by atoms with Gasteiger partial charge >= 0.3 is 6.18 Å². The molecule has 0 unspecified atom stereocenters. The predicted octanol–water partition coefficient (Wildman–Crippen LogP) is 3.22. The molecule has 5 heteroatoms. The zero-order valence-electron chi connectivity index (χ0n) is 9.09. The Morgan fingerprint density at radius 2 is 1.82 bits per heavy atom. The lowest BCUT2D eigenvalue weighted by atomic mass is 10.3. The third-order valence-electron chi connectivity index (χ3n) is 2.30. The van der Waals surface area contributed by atoms with Crippen molar-refractivity contribution in [2.45, 2.75) is 19.0 Å². The van der Waals surface area contributed by atoms with Crippen LogP contribution in [0.5, 0.6) is 11.5 Å². The highest BCUT2D eigenvalue weighted by Gasteiger charge is 2.28. The minimum Gasteiger partial charge on any atom is -0.493 e. The molecule has 0 saturated heterocycles. The molecular formula is C12H12F3O2. The van der Waals surface area contributed by atoms with Crippen LogP contribution >= 0.6 is 0 Å². The second-order valence-electron chi connectivity index (χ2n) is 4.04. The zero-order chi connectivity index (χ0) is 12.3. The SMILES string of the molecule is FC(F)(F)COc1[c]c(OCC2CC2)ccc1. The summed E-state index contributed by atoms with van der Waals surface area (Å²) in [5.41, 5.74) is 0. The minimum absolute atomic E-state index is 0.0515. The second kappa shape index (κ2) is 4.85. The van der Waals surface area contributed by atoms with Gasteiger partial charge in [-0.25, -0.2) is 0 Å². The average molecular weight is 245 g/mol. The van der Waals surface area contributed by atoms with Crippen molar-refractivity contribution in [3.63, 3.8) is 0 Å². The van der Waals surface area contributed by atoms with Gasteiger partial charge in [0.05, 0.1) is 12.7 Å². The third-order valence-corrected chi connectivity index (χ3v) is 2.30. The smallest absolute Gasteiger partial charge is 0.422 e. The Balaban J connectivity index is 1.86.